The molecule has 2 nitrogen and oxygen atoms in total. The van der Waals surface area contributed by atoms with Gasteiger partial charge in [0.25, 0.3) is 0 Å². The minimum atomic E-state index is 0.456. The number of benzene rings is 2. The van der Waals surface area contributed by atoms with Gasteiger partial charge < -0.3 is 9.64 Å². The topological polar surface area (TPSA) is 12.5 Å². The molecule has 2 aromatic carbocycles. The summed E-state index contributed by atoms with van der Waals surface area (Å²) in [6.07, 6.45) is 0. The predicted molar refractivity (Wildman–Crippen MR) is 92.3 cm³/mol. The Morgan fingerprint density at radius 2 is 1.59 bits per heavy atom. The van der Waals surface area contributed by atoms with Crippen molar-refractivity contribution < 1.29 is 4.74 Å². The molecule has 2 aliphatic heterocycles. The summed E-state index contributed by atoms with van der Waals surface area (Å²) in [6.45, 7) is 6.12. The van der Waals surface area contributed by atoms with Gasteiger partial charge in [0.2, 0.25) is 0 Å². The molecule has 116 valence electrons. The van der Waals surface area contributed by atoms with Crippen molar-refractivity contribution >= 4 is 11.6 Å². The van der Waals surface area contributed by atoms with Gasteiger partial charge in [0.05, 0.1) is 0 Å². The Morgan fingerprint density at radius 3 is 2.36 bits per heavy atom. The van der Waals surface area contributed by atoms with Gasteiger partial charge in [-0.05, 0) is 36.9 Å². The first-order valence-electron chi connectivity index (χ1n) is 7.97. The molecule has 0 radical (unpaired) electrons. The zero-order valence-corrected chi connectivity index (χ0v) is 14.1. The van der Waals surface area contributed by atoms with Crippen LogP contribution >= 0.6 is 11.6 Å². The van der Waals surface area contributed by atoms with E-state index in [-0.39, 0.29) is 0 Å². The van der Waals surface area contributed by atoms with Crippen LogP contribution in [-0.2, 0) is 0 Å². The third kappa shape index (κ3) is 2.62. The predicted octanol–water partition coefficient (Wildman–Crippen LogP) is 5.28. The second-order valence-electron chi connectivity index (χ2n) is 5.76. The molecule has 2 heterocycles. The van der Waals surface area contributed by atoms with E-state index in [0.29, 0.717) is 11.8 Å². The molecule has 0 saturated carbocycles. The Kier molecular flexibility index (Phi) is 4.42. The van der Waals surface area contributed by atoms with Crippen LogP contribution in [0, 0.1) is 0 Å². The number of likely N-dealkylation sites (N-methyl/N-ethyl adjacent to an activating group) is 1. The van der Waals surface area contributed by atoms with Crippen LogP contribution in [0.15, 0.2) is 42.5 Å². The van der Waals surface area contributed by atoms with E-state index in [1.807, 2.05) is 32.0 Å². The van der Waals surface area contributed by atoms with Crippen LogP contribution in [0.4, 0.5) is 0 Å². The average molecular weight is 316 g/mol. The maximum atomic E-state index is 6.20. The van der Waals surface area contributed by atoms with Gasteiger partial charge >= 0.3 is 0 Å². The lowest BCUT2D eigenvalue weighted by molar-refractivity contribution is 0.401. The number of hydrogen-bond acceptors (Lipinski definition) is 2. The normalized spacial score (nSPS) is 22.4. The molecule has 0 N–H and O–H groups in total. The first-order chi connectivity index (χ1) is 10.7. The van der Waals surface area contributed by atoms with E-state index in [4.69, 9.17) is 16.3 Å². The summed E-state index contributed by atoms with van der Waals surface area (Å²) >= 11 is 6.20. The second-order valence-corrected chi connectivity index (χ2v) is 6.19. The zero-order valence-electron chi connectivity index (χ0n) is 13.3. The van der Waals surface area contributed by atoms with Crippen molar-refractivity contribution in [2.75, 3.05) is 20.1 Å². The number of ether oxygens (including phenoxy) is 1. The van der Waals surface area contributed by atoms with Crippen molar-refractivity contribution in [2.24, 2.45) is 0 Å². The Labute approximate surface area is 137 Å². The molecule has 0 bridgehead atoms. The first kappa shape index (κ1) is 15.4. The van der Waals surface area contributed by atoms with Gasteiger partial charge in [0.1, 0.15) is 11.5 Å². The molecule has 22 heavy (non-hydrogen) atoms. The molecule has 2 aromatic rings. The molecule has 3 heteroatoms. The molecule has 1 fully saturated rings. The largest absolute Gasteiger partial charge is 0.457 e. The highest BCUT2D eigenvalue weighted by Crippen LogP contribution is 2.49. The van der Waals surface area contributed by atoms with Gasteiger partial charge in [0, 0.05) is 35.5 Å². The maximum absolute atomic E-state index is 6.20. The van der Waals surface area contributed by atoms with Crippen molar-refractivity contribution in [3.8, 4) is 11.5 Å². The molecule has 2 atom stereocenters. The number of hydrogen-bond donors (Lipinski definition) is 0. The van der Waals surface area contributed by atoms with E-state index in [9.17, 15) is 0 Å². The smallest absolute Gasteiger partial charge is 0.131 e. The van der Waals surface area contributed by atoms with Crippen molar-refractivity contribution in [1.82, 2.24) is 4.90 Å². The van der Waals surface area contributed by atoms with Gasteiger partial charge in [-0.2, -0.15) is 0 Å². The van der Waals surface area contributed by atoms with Gasteiger partial charge in [-0.15, -0.1) is 0 Å². The summed E-state index contributed by atoms with van der Waals surface area (Å²) in [5.74, 6) is 2.87. The van der Waals surface area contributed by atoms with Gasteiger partial charge in [-0.1, -0.05) is 43.6 Å². The Bertz CT molecular complexity index is 670. The Hall–Kier alpha value is -1.51. The summed E-state index contributed by atoms with van der Waals surface area (Å²) in [5.41, 5.74) is 2.55. The summed E-state index contributed by atoms with van der Waals surface area (Å²) in [4.78, 5) is 2.39. The molecule has 2 aliphatic rings. The van der Waals surface area contributed by atoms with Crippen LogP contribution in [0.3, 0.4) is 0 Å². The van der Waals surface area contributed by atoms with Crippen LogP contribution in [0.2, 0.25) is 5.02 Å². The highest BCUT2D eigenvalue weighted by Gasteiger charge is 2.38. The highest BCUT2D eigenvalue weighted by molar-refractivity contribution is 6.30. The number of fused-ring (bicyclic) bond motifs is 5. The van der Waals surface area contributed by atoms with E-state index in [0.717, 1.165) is 29.6 Å². The molecule has 2 unspecified atom stereocenters. The summed E-state index contributed by atoms with van der Waals surface area (Å²) in [6, 6.07) is 14.4. The zero-order chi connectivity index (χ0) is 15.7. The molecular weight excluding hydrogens is 294 g/mol. The lowest BCUT2D eigenvalue weighted by Crippen LogP contribution is -2.14. The van der Waals surface area contributed by atoms with Crippen molar-refractivity contribution in [3.63, 3.8) is 0 Å². The molecular formula is C19H22ClNO. The lowest BCUT2D eigenvalue weighted by Gasteiger charge is -2.17. The van der Waals surface area contributed by atoms with Crippen molar-refractivity contribution in [1.29, 1.82) is 0 Å². The Balaban J connectivity index is 0.000000693. The standard InChI is InChI=1S/C17H16ClNO.C2H6/c1-19-9-14-12-4-2-3-5-16(12)20-17-7-6-11(18)8-13(17)15(14)10-19;1-2/h2-8,14-15H,9-10H2,1H3;1-2H3. The van der Waals surface area contributed by atoms with E-state index >= 15 is 0 Å². The monoisotopic (exact) mass is 315 g/mol. The second kappa shape index (κ2) is 6.31. The van der Waals surface area contributed by atoms with Crippen molar-refractivity contribution in [2.45, 2.75) is 25.7 Å². The molecule has 0 amide bonds. The SMILES string of the molecule is CC.CN1CC2c3ccccc3Oc3ccc(Cl)cc3C2C1. The molecule has 1 saturated heterocycles. The number of likely N-dealkylation sites (tertiary alicyclic amines) is 1. The van der Waals surface area contributed by atoms with Gasteiger partial charge in [-0.25, -0.2) is 0 Å². The van der Waals surface area contributed by atoms with Crippen LogP contribution < -0.4 is 4.74 Å². The fourth-order valence-electron chi connectivity index (χ4n) is 3.53. The number of halogens is 1. The van der Waals surface area contributed by atoms with E-state index < -0.39 is 0 Å². The summed E-state index contributed by atoms with van der Waals surface area (Å²) < 4.78 is 6.15. The number of para-hydroxylation sites is 1. The highest BCUT2D eigenvalue weighted by atomic mass is 35.5. The van der Waals surface area contributed by atoms with Crippen molar-refractivity contribution in [3.05, 3.63) is 58.6 Å². The first-order valence-corrected chi connectivity index (χ1v) is 8.35. The quantitative estimate of drug-likeness (QED) is 0.655. The van der Waals surface area contributed by atoms with E-state index in [1.165, 1.54) is 11.1 Å². The average Bonchev–Trinajstić information content (AvgIpc) is 2.88. The maximum Gasteiger partial charge on any atom is 0.131 e. The lowest BCUT2D eigenvalue weighted by atomic mass is 9.84. The number of rotatable bonds is 0. The van der Waals surface area contributed by atoms with E-state index in [2.05, 4.69) is 36.2 Å². The van der Waals surface area contributed by atoms with E-state index in [1.54, 1.807) is 0 Å². The summed E-state index contributed by atoms with van der Waals surface area (Å²) in [5, 5.41) is 0.784. The molecule has 0 aliphatic carbocycles. The fraction of sp³-hybridized carbons (Fsp3) is 0.368. The molecule has 0 spiro atoms. The van der Waals surface area contributed by atoms with Gasteiger partial charge in [-0.3, -0.25) is 0 Å². The molecule has 0 aromatic heterocycles. The third-order valence-corrected chi connectivity index (χ3v) is 4.65. The number of nitrogens with zero attached hydrogens (tertiary/aromatic N) is 1. The van der Waals surface area contributed by atoms with Crippen LogP contribution in [0.1, 0.15) is 36.8 Å². The third-order valence-electron chi connectivity index (χ3n) is 4.41. The minimum absolute atomic E-state index is 0.456. The van der Waals surface area contributed by atoms with Crippen LogP contribution in [0.5, 0.6) is 11.5 Å². The van der Waals surface area contributed by atoms with Gasteiger partial charge in [0.15, 0.2) is 0 Å². The molecule has 4 rings (SSSR count). The minimum Gasteiger partial charge on any atom is -0.457 e. The van der Waals surface area contributed by atoms with Crippen LogP contribution in [0.25, 0.3) is 0 Å². The fourth-order valence-corrected chi connectivity index (χ4v) is 3.71. The van der Waals surface area contributed by atoms with Crippen LogP contribution in [-0.4, -0.2) is 25.0 Å². The Morgan fingerprint density at radius 1 is 0.955 bits per heavy atom. The summed E-state index contributed by atoms with van der Waals surface area (Å²) in [7, 11) is 2.18.